The number of nitrogens with one attached hydrogen (secondary N) is 1. The Kier molecular flexibility index (Phi) is 4.12. The van der Waals surface area contributed by atoms with Crippen LogP contribution in [0, 0.1) is 5.41 Å². The second-order valence-electron chi connectivity index (χ2n) is 6.00. The topological polar surface area (TPSA) is 72.2 Å². The largest absolute Gasteiger partial charge is 0.398 e. The van der Waals surface area contributed by atoms with Gasteiger partial charge >= 0.3 is 0 Å². The van der Waals surface area contributed by atoms with Crippen LogP contribution < -0.4 is 10.5 Å². The minimum Gasteiger partial charge on any atom is -0.398 e. The highest BCUT2D eigenvalue weighted by Gasteiger charge is 2.38. The van der Waals surface area contributed by atoms with Crippen molar-refractivity contribution in [3.8, 4) is 0 Å². The number of aryl methyl sites for hydroxylation is 1. The second-order valence-corrected chi connectivity index (χ2v) is 7.74. The molecular weight excluding hydrogens is 272 g/mol. The van der Waals surface area contributed by atoms with Gasteiger partial charge in [-0.05, 0) is 54.4 Å². The monoisotopic (exact) mass is 296 g/mol. The van der Waals surface area contributed by atoms with Crippen molar-refractivity contribution in [3.05, 3.63) is 23.3 Å². The van der Waals surface area contributed by atoms with E-state index in [9.17, 15) is 8.42 Å². The van der Waals surface area contributed by atoms with Crippen molar-refractivity contribution in [2.75, 3.05) is 12.3 Å². The van der Waals surface area contributed by atoms with Crippen molar-refractivity contribution >= 4 is 15.7 Å². The van der Waals surface area contributed by atoms with Crippen LogP contribution in [0.4, 0.5) is 5.69 Å². The molecule has 0 saturated heterocycles. The Morgan fingerprint density at radius 2 is 1.90 bits per heavy atom. The molecular formula is C15H24N2O2S. The van der Waals surface area contributed by atoms with E-state index in [-0.39, 0.29) is 5.41 Å². The lowest BCUT2D eigenvalue weighted by Gasteiger charge is -2.16. The fourth-order valence-electron chi connectivity index (χ4n) is 2.29. The van der Waals surface area contributed by atoms with E-state index in [1.165, 1.54) is 0 Å². The molecule has 0 radical (unpaired) electrons. The summed E-state index contributed by atoms with van der Waals surface area (Å²) in [6.45, 7) is 6.54. The maximum atomic E-state index is 12.5. The molecule has 0 aromatic heterocycles. The van der Waals surface area contributed by atoms with Gasteiger partial charge in [0.2, 0.25) is 10.0 Å². The van der Waals surface area contributed by atoms with Gasteiger partial charge in [0.25, 0.3) is 0 Å². The van der Waals surface area contributed by atoms with Crippen molar-refractivity contribution in [2.45, 2.75) is 51.3 Å². The molecule has 0 unspecified atom stereocenters. The van der Waals surface area contributed by atoms with Crippen molar-refractivity contribution in [1.82, 2.24) is 4.72 Å². The number of rotatable bonds is 6. The Balaban J connectivity index is 2.35. The van der Waals surface area contributed by atoms with Gasteiger partial charge < -0.3 is 5.73 Å². The van der Waals surface area contributed by atoms with Crippen molar-refractivity contribution in [2.24, 2.45) is 5.41 Å². The number of anilines is 1. The van der Waals surface area contributed by atoms with Gasteiger partial charge in [0.05, 0.1) is 4.90 Å². The molecule has 1 fully saturated rings. The first-order valence-electron chi connectivity index (χ1n) is 7.22. The first-order valence-corrected chi connectivity index (χ1v) is 8.70. The van der Waals surface area contributed by atoms with Crippen LogP contribution in [0.3, 0.4) is 0 Å². The van der Waals surface area contributed by atoms with E-state index in [0.717, 1.165) is 30.4 Å². The van der Waals surface area contributed by atoms with Crippen LogP contribution in [0.1, 0.15) is 44.7 Å². The van der Waals surface area contributed by atoms with Gasteiger partial charge in [-0.25, -0.2) is 13.1 Å². The normalized spacial score (nSPS) is 17.1. The molecule has 0 bridgehead atoms. The Hall–Kier alpha value is -1.07. The highest BCUT2D eigenvalue weighted by Crippen LogP contribution is 2.44. The highest BCUT2D eigenvalue weighted by molar-refractivity contribution is 7.89. The molecule has 0 aliphatic heterocycles. The molecule has 4 nitrogen and oxygen atoms in total. The number of hydrogen-bond donors (Lipinski definition) is 2. The SMILES string of the molecule is CCc1cc(N)c(CC)c(S(=O)(=O)NCC2(C)CC2)c1. The molecule has 112 valence electrons. The first-order chi connectivity index (χ1) is 9.31. The van der Waals surface area contributed by atoms with E-state index in [0.29, 0.717) is 23.5 Å². The Labute approximate surface area is 121 Å². The fourth-order valence-corrected chi connectivity index (χ4v) is 3.87. The smallest absolute Gasteiger partial charge is 0.240 e. The Morgan fingerprint density at radius 1 is 1.25 bits per heavy atom. The summed E-state index contributed by atoms with van der Waals surface area (Å²) in [5.74, 6) is 0. The van der Waals surface area contributed by atoms with Crippen LogP contribution in [0.5, 0.6) is 0 Å². The third kappa shape index (κ3) is 3.15. The third-order valence-electron chi connectivity index (χ3n) is 4.15. The van der Waals surface area contributed by atoms with Gasteiger partial charge in [-0.2, -0.15) is 0 Å². The summed E-state index contributed by atoms with van der Waals surface area (Å²) in [4.78, 5) is 0.348. The molecule has 1 saturated carbocycles. The Morgan fingerprint density at radius 3 is 2.40 bits per heavy atom. The average molecular weight is 296 g/mol. The number of sulfonamides is 1. The maximum absolute atomic E-state index is 12.5. The molecule has 0 heterocycles. The van der Waals surface area contributed by atoms with Crippen LogP contribution in [-0.2, 0) is 22.9 Å². The zero-order valence-corrected chi connectivity index (χ0v) is 13.3. The van der Waals surface area contributed by atoms with Gasteiger partial charge in [-0.15, -0.1) is 0 Å². The van der Waals surface area contributed by atoms with Crippen LogP contribution >= 0.6 is 0 Å². The summed E-state index contributed by atoms with van der Waals surface area (Å²) in [5.41, 5.74) is 8.40. The predicted molar refractivity (Wildman–Crippen MR) is 82.1 cm³/mol. The lowest BCUT2D eigenvalue weighted by atomic mass is 10.1. The van der Waals surface area contributed by atoms with Crippen molar-refractivity contribution in [3.63, 3.8) is 0 Å². The molecule has 0 spiro atoms. The standard InChI is InChI=1S/C15H24N2O2S/c1-4-11-8-13(16)12(5-2)14(9-11)20(18,19)17-10-15(3)6-7-15/h8-9,17H,4-7,10,16H2,1-3H3. The van der Waals surface area contributed by atoms with Gasteiger partial charge in [0, 0.05) is 12.2 Å². The van der Waals surface area contributed by atoms with Crippen molar-refractivity contribution < 1.29 is 8.42 Å². The first kappa shape index (κ1) is 15.3. The lowest BCUT2D eigenvalue weighted by molar-refractivity contribution is 0.530. The molecule has 0 atom stereocenters. The molecule has 1 aromatic rings. The summed E-state index contributed by atoms with van der Waals surface area (Å²) < 4.78 is 27.8. The summed E-state index contributed by atoms with van der Waals surface area (Å²) in [6.07, 6.45) is 3.57. The molecule has 5 heteroatoms. The van der Waals surface area contributed by atoms with Crippen LogP contribution in [-0.4, -0.2) is 15.0 Å². The third-order valence-corrected chi connectivity index (χ3v) is 5.61. The van der Waals surface area contributed by atoms with E-state index in [4.69, 9.17) is 5.73 Å². The second kappa shape index (κ2) is 5.37. The van der Waals surface area contributed by atoms with Crippen LogP contribution in [0.15, 0.2) is 17.0 Å². The molecule has 1 aliphatic rings. The fraction of sp³-hybridized carbons (Fsp3) is 0.600. The quantitative estimate of drug-likeness (QED) is 0.792. The zero-order chi connectivity index (χ0) is 15.0. The summed E-state index contributed by atoms with van der Waals surface area (Å²) in [6, 6.07) is 3.63. The molecule has 20 heavy (non-hydrogen) atoms. The predicted octanol–water partition coefficient (Wildman–Crippen LogP) is 2.47. The highest BCUT2D eigenvalue weighted by atomic mass is 32.2. The molecule has 3 N–H and O–H groups in total. The zero-order valence-electron chi connectivity index (χ0n) is 12.5. The van der Waals surface area contributed by atoms with Crippen LogP contribution in [0.25, 0.3) is 0 Å². The van der Waals surface area contributed by atoms with Crippen molar-refractivity contribution in [1.29, 1.82) is 0 Å². The molecule has 2 rings (SSSR count). The number of benzene rings is 1. The maximum Gasteiger partial charge on any atom is 0.240 e. The van der Waals surface area contributed by atoms with E-state index < -0.39 is 10.0 Å². The van der Waals surface area contributed by atoms with Gasteiger partial charge in [0.15, 0.2) is 0 Å². The van der Waals surface area contributed by atoms with Gasteiger partial charge in [-0.1, -0.05) is 20.8 Å². The molecule has 1 aromatic carbocycles. The number of nitrogen functional groups attached to an aromatic ring is 1. The van der Waals surface area contributed by atoms with E-state index in [1.807, 2.05) is 19.9 Å². The van der Waals surface area contributed by atoms with E-state index in [2.05, 4.69) is 11.6 Å². The number of nitrogens with two attached hydrogens (primary N) is 1. The average Bonchev–Trinajstić information content (AvgIpc) is 3.14. The van der Waals surface area contributed by atoms with Gasteiger partial charge in [-0.3, -0.25) is 0 Å². The minimum atomic E-state index is -3.48. The summed E-state index contributed by atoms with van der Waals surface area (Å²) >= 11 is 0. The lowest BCUT2D eigenvalue weighted by Crippen LogP contribution is -2.30. The van der Waals surface area contributed by atoms with E-state index >= 15 is 0 Å². The number of hydrogen-bond acceptors (Lipinski definition) is 3. The summed E-state index contributed by atoms with van der Waals surface area (Å²) in [7, 11) is -3.48. The minimum absolute atomic E-state index is 0.146. The molecule has 1 aliphatic carbocycles. The summed E-state index contributed by atoms with van der Waals surface area (Å²) in [5, 5.41) is 0. The van der Waals surface area contributed by atoms with Crippen LogP contribution in [0.2, 0.25) is 0 Å². The van der Waals surface area contributed by atoms with Gasteiger partial charge in [0.1, 0.15) is 0 Å². The molecule has 0 amide bonds. The Bertz CT molecular complexity index is 605. The van der Waals surface area contributed by atoms with E-state index in [1.54, 1.807) is 6.07 Å².